The van der Waals surface area contributed by atoms with Crippen LogP contribution in [0.15, 0.2) is 125 Å². The predicted molar refractivity (Wildman–Crippen MR) is 360 cm³/mol. The van der Waals surface area contributed by atoms with Crippen molar-refractivity contribution >= 4 is 17.1 Å². The van der Waals surface area contributed by atoms with E-state index in [1.165, 1.54) is 0 Å². The van der Waals surface area contributed by atoms with Gasteiger partial charge in [-0.05, 0) is 153 Å². The highest BCUT2D eigenvalue weighted by molar-refractivity contribution is 5.64. The van der Waals surface area contributed by atoms with Crippen molar-refractivity contribution in [3.63, 3.8) is 0 Å². The molecule has 0 unspecified atom stereocenters. The molecule has 6 aromatic carbocycles. The lowest BCUT2D eigenvalue weighted by atomic mass is 9.81. The smallest absolute Gasteiger partial charge is 0.146 e. The SMILES string of the molecule is COc1c2cc(N=[N+]=[N-])cc1Cc1cc(C(C)(C)C)cc(c1OCc1nccn1C)Cc1cc(N=[N+]=[N-])cc(c1OC)Cc1cc(C(C)(C)C)cc(c1OCc1nccn1C)Cc1cc(N=[N+]=[N-])cc(c1OC)Cc1cc(C(C)(C)C)cc(c1OCc1nccn1C)C2. The summed E-state index contributed by atoms with van der Waals surface area (Å²) in [7, 11) is 10.8. The van der Waals surface area contributed by atoms with Crippen LogP contribution in [0.2, 0.25) is 0 Å². The molecule has 0 saturated heterocycles. The number of rotatable bonds is 15. The van der Waals surface area contributed by atoms with Gasteiger partial charge in [-0.3, -0.25) is 0 Å². The molecular formula is C72H81N15O6. The summed E-state index contributed by atoms with van der Waals surface area (Å²) in [5, 5.41) is 12.8. The molecule has 0 N–H and O–H groups in total. The van der Waals surface area contributed by atoms with E-state index >= 15 is 0 Å². The van der Waals surface area contributed by atoms with E-state index in [-0.39, 0.29) is 74.6 Å². The Morgan fingerprint density at radius 2 is 0.559 bits per heavy atom. The Kier molecular flexibility index (Phi) is 19.2. The van der Waals surface area contributed by atoms with Gasteiger partial charge in [0.1, 0.15) is 71.8 Å². The molecule has 0 fully saturated rings. The zero-order valence-electron chi connectivity index (χ0n) is 55.9. The fourth-order valence-electron chi connectivity index (χ4n) is 12.3. The van der Waals surface area contributed by atoms with Gasteiger partial charge in [0.2, 0.25) is 0 Å². The average molecular weight is 1250 g/mol. The number of fused-ring (bicyclic) bond motifs is 12. The third kappa shape index (κ3) is 14.7. The maximum absolute atomic E-state index is 10.2. The lowest BCUT2D eigenvalue weighted by molar-refractivity contribution is 0.286. The standard InChI is InChI=1S/C72H81N15O6/c1-70(2,3)55-28-43-22-49-34-58(79-82-73)36-51(64(49)88-13)24-45-30-56(71(4,5)6)32-47(68(45)92-41-62-77-17-20-86(62)11)26-53-38-60(81-84-75)39-54(66(53)90-15)27-48-33-57(72(7,8)9)31-46(69(48)93-42-63-78-18-21-87(63)12)25-52-37-59(80-83-74)35-50(65(52)89-14)23-44(29-55)67(43)91-40-61-76-16-19-85(61)10/h16-21,28-39H,22-27,40-42H2,1-15H3. The van der Waals surface area contributed by atoms with Crippen molar-refractivity contribution in [3.8, 4) is 34.5 Å². The highest BCUT2D eigenvalue weighted by atomic mass is 16.5. The van der Waals surface area contributed by atoms with Gasteiger partial charge in [-0.25, -0.2) is 15.0 Å². The van der Waals surface area contributed by atoms with Crippen molar-refractivity contribution in [2.24, 2.45) is 36.5 Å². The number of hydrogen-bond acceptors (Lipinski definition) is 12. The van der Waals surface area contributed by atoms with Gasteiger partial charge in [0.05, 0.1) is 21.3 Å². The minimum atomic E-state index is -0.369. The van der Waals surface area contributed by atoms with Crippen LogP contribution in [0.1, 0.15) is 163 Å². The molecule has 0 amide bonds. The maximum Gasteiger partial charge on any atom is 0.146 e. The van der Waals surface area contributed by atoms with Crippen LogP contribution >= 0.6 is 0 Å². The largest absolute Gasteiger partial charge is 0.496 e. The van der Waals surface area contributed by atoms with Crippen molar-refractivity contribution < 1.29 is 28.4 Å². The van der Waals surface area contributed by atoms with E-state index in [1.54, 1.807) is 39.9 Å². The third-order valence-corrected chi connectivity index (χ3v) is 17.2. The highest BCUT2D eigenvalue weighted by Crippen LogP contribution is 2.46. The number of nitrogens with zero attached hydrogens (tertiary/aromatic N) is 15. The number of benzene rings is 6. The third-order valence-electron chi connectivity index (χ3n) is 17.2. The molecule has 21 heteroatoms. The molecule has 0 radical (unpaired) electrons. The zero-order chi connectivity index (χ0) is 66.5. The number of imidazole rings is 3. The van der Waals surface area contributed by atoms with Gasteiger partial charge >= 0.3 is 0 Å². The van der Waals surface area contributed by atoms with E-state index in [4.69, 9.17) is 28.4 Å². The summed E-state index contributed by atoms with van der Waals surface area (Å²) in [5.74, 6) is 5.70. The minimum Gasteiger partial charge on any atom is -0.496 e. The van der Waals surface area contributed by atoms with Crippen molar-refractivity contribution in [3.05, 3.63) is 242 Å². The van der Waals surface area contributed by atoms with Gasteiger partial charge in [-0.15, -0.1) is 0 Å². The lowest BCUT2D eigenvalue weighted by Crippen LogP contribution is -2.16. The van der Waals surface area contributed by atoms with Gasteiger partial charge in [-0.2, -0.15) is 0 Å². The van der Waals surface area contributed by atoms with Crippen LogP contribution in [0.3, 0.4) is 0 Å². The van der Waals surface area contributed by atoms with E-state index in [0.717, 1.165) is 83.5 Å². The number of methoxy groups -OCH3 is 3. The van der Waals surface area contributed by atoms with Gasteiger partial charge in [0, 0.05) is 129 Å². The minimum absolute atomic E-state index is 0.129. The maximum atomic E-state index is 10.2. The fraction of sp³-hybridized carbons (Fsp3) is 0.375. The first-order valence-electron chi connectivity index (χ1n) is 30.9. The molecule has 12 bridgehead atoms. The molecule has 3 aromatic heterocycles. The van der Waals surface area contributed by atoms with Gasteiger partial charge < -0.3 is 42.1 Å². The lowest BCUT2D eigenvalue weighted by Gasteiger charge is -2.27. The molecular weight excluding hydrogens is 1170 g/mol. The molecule has 480 valence electrons. The van der Waals surface area contributed by atoms with Crippen LogP contribution in [-0.2, 0) is 95.7 Å². The van der Waals surface area contributed by atoms with E-state index in [0.29, 0.717) is 69.0 Å². The number of hydrogen-bond donors (Lipinski definition) is 0. The summed E-state index contributed by atoms with van der Waals surface area (Å²) in [6.45, 7) is 20.0. The summed E-state index contributed by atoms with van der Waals surface area (Å²) >= 11 is 0. The second-order valence-corrected chi connectivity index (χ2v) is 26.9. The van der Waals surface area contributed by atoms with Crippen LogP contribution in [0.4, 0.5) is 17.1 Å². The topological polar surface area (TPSA) is 255 Å². The summed E-state index contributed by atoms with van der Waals surface area (Å²) in [6, 6.07) is 24.4. The Balaban J connectivity index is 1.33. The summed E-state index contributed by atoms with van der Waals surface area (Å²) in [4.78, 5) is 24.0. The second-order valence-electron chi connectivity index (χ2n) is 26.9. The molecule has 21 nitrogen and oxygen atoms in total. The number of azide groups is 3. The molecule has 0 spiro atoms. The molecule has 1 aliphatic rings. The van der Waals surface area contributed by atoms with E-state index in [1.807, 2.05) is 89.8 Å². The summed E-state index contributed by atoms with van der Waals surface area (Å²) in [6.07, 6.45) is 12.5. The normalized spacial score (nSPS) is 12.5. The molecule has 0 atom stereocenters. The monoisotopic (exact) mass is 1250 g/mol. The molecule has 10 rings (SSSR count). The molecule has 0 saturated carbocycles. The van der Waals surface area contributed by atoms with Gasteiger partial charge in [0.25, 0.3) is 0 Å². The van der Waals surface area contributed by atoms with Crippen molar-refractivity contribution in [2.75, 3.05) is 21.3 Å². The van der Waals surface area contributed by atoms with E-state index < -0.39 is 0 Å². The van der Waals surface area contributed by atoms with Crippen molar-refractivity contribution in [1.29, 1.82) is 0 Å². The summed E-state index contributed by atoms with van der Waals surface area (Å²) < 4.78 is 46.9. The van der Waals surface area contributed by atoms with E-state index in [2.05, 4.69) is 144 Å². The molecule has 1 aliphatic carbocycles. The van der Waals surface area contributed by atoms with Crippen LogP contribution < -0.4 is 28.4 Å². The number of aromatic nitrogens is 6. The van der Waals surface area contributed by atoms with Crippen LogP contribution in [0, 0.1) is 0 Å². The van der Waals surface area contributed by atoms with Crippen molar-refractivity contribution in [2.45, 2.75) is 137 Å². The Hall–Kier alpha value is -10.3. The number of ether oxygens (including phenoxy) is 6. The van der Waals surface area contributed by atoms with Crippen LogP contribution in [0.5, 0.6) is 34.5 Å². The first kappa shape index (κ1) is 65.6. The fourth-order valence-corrected chi connectivity index (χ4v) is 12.3. The Morgan fingerprint density at radius 1 is 0.355 bits per heavy atom. The zero-order valence-corrected chi connectivity index (χ0v) is 55.9. The average Bonchev–Trinajstić information content (AvgIpc) is 1.37. The Morgan fingerprint density at radius 3 is 0.720 bits per heavy atom. The quantitative estimate of drug-likeness (QED) is 0.0536. The molecule has 3 heterocycles. The highest BCUT2D eigenvalue weighted by Gasteiger charge is 2.30. The Bertz CT molecular complexity index is 3850. The molecule has 93 heavy (non-hydrogen) atoms. The summed E-state index contributed by atoms with van der Waals surface area (Å²) in [5.41, 5.74) is 43.2. The van der Waals surface area contributed by atoms with Gasteiger partial charge in [-0.1, -0.05) is 114 Å². The van der Waals surface area contributed by atoms with E-state index in [9.17, 15) is 16.6 Å². The second kappa shape index (κ2) is 27.3. The number of aryl methyl sites for hydroxylation is 3. The molecule has 0 aliphatic heterocycles. The Labute approximate surface area is 543 Å². The van der Waals surface area contributed by atoms with Crippen molar-refractivity contribution in [1.82, 2.24) is 28.7 Å². The van der Waals surface area contributed by atoms with Crippen LogP contribution in [0.25, 0.3) is 31.3 Å². The van der Waals surface area contributed by atoms with Crippen LogP contribution in [-0.4, -0.2) is 50.0 Å². The first-order chi connectivity index (χ1) is 44.4. The predicted octanol–water partition coefficient (Wildman–Crippen LogP) is 17.2. The first-order valence-corrected chi connectivity index (χ1v) is 30.9. The molecule has 9 aromatic rings. The van der Waals surface area contributed by atoms with Gasteiger partial charge in [0.15, 0.2) is 0 Å².